The van der Waals surface area contributed by atoms with E-state index in [1.54, 1.807) is 35.4 Å². The van der Waals surface area contributed by atoms with Gasteiger partial charge in [0.05, 0.1) is 23.5 Å². The molecule has 1 aliphatic carbocycles. The van der Waals surface area contributed by atoms with Crippen LogP contribution in [0.25, 0.3) is 22.0 Å². The predicted molar refractivity (Wildman–Crippen MR) is 192 cm³/mol. The smallest absolute Gasteiger partial charge is 0.284 e. The van der Waals surface area contributed by atoms with Crippen molar-refractivity contribution in [1.82, 2.24) is 35.0 Å². The second kappa shape index (κ2) is 13.7. The molecular weight excluding hydrogens is 640 g/mol. The molecule has 0 spiro atoms. The standard InChI is InChI=1S/C40H36N8O3/c41-40(21-7-2-8-22-40)35-26-47(46-44-35)37(38(49)29-11-3-1-4-12-29)28-15-18-31(19-16-28)51-34-20-17-27-10-5-6-14-32(27)36(34)39(50)48-25-33(43-45-48)30-13-9-23-42-24-30/h1,3-6,9-20,23-26,37-38,49H,2,7-8,21-22,41H2/t37-,38+/m0/s1. The van der Waals surface area contributed by atoms with Crippen LogP contribution < -0.4 is 10.5 Å². The first kappa shape index (κ1) is 32.2. The van der Waals surface area contributed by atoms with Crippen LogP contribution in [-0.2, 0) is 5.54 Å². The fourth-order valence-electron chi connectivity index (χ4n) is 6.93. The quantitative estimate of drug-likeness (QED) is 0.165. The molecule has 1 fully saturated rings. The maximum absolute atomic E-state index is 14.1. The molecule has 0 bridgehead atoms. The molecule has 2 atom stereocenters. The molecule has 1 aliphatic rings. The molecule has 0 aliphatic heterocycles. The number of ether oxygens (including phenoxy) is 1. The first-order chi connectivity index (χ1) is 25.0. The number of nitrogens with two attached hydrogens (primary N) is 1. The van der Waals surface area contributed by atoms with E-state index < -0.39 is 17.7 Å². The summed E-state index contributed by atoms with van der Waals surface area (Å²) in [5.74, 6) is 0.491. The van der Waals surface area contributed by atoms with E-state index in [9.17, 15) is 9.90 Å². The van der Waals surface area contributed by atoms with Crippen LogP contribution in [0.1, 0.15) is 71.4 Å². The van der Waals surface area contributed by atoms with Crippen molar-refractivity contribution in [2.75, 3.05) is 0 Å². The number of aromatic nitrogens is 7. The summed E-state index contributed by atoms with van der Waals surface area (Å²) < 4.78 is 9.36. The Morgan fingerprint density at radius 2 is 1.59 bits per heavy atom. The number of benzene rings is 4. The van der Waals surface area contributed by atoms with E-state index in [4.69, 9.17) is 10.5 Å². The van der Waals surface area contributed by atoms with Gasteiger partial charge in [-0.05, 0) is 65.1 Å². The molecule has 1 saturated carbocycles. The summed E-state index contributed by atoms with van der Waals surface area (Å²) in [6, 6.07) is 31.4. The Morgan fingerprint density at radius 1 is 0.804 bits per heavy atom. The van der Waals surface area contributed by atoms with Crippen molar-refractivity contribution < 1.29 is 14.6 Å². The van der Waals surface area contributed by atoms with Gasteiger partial charge in [-0.25, -0.2) is 4.68 Å². The molecule has 0 unspecified atom stereocenters. The van der Waals surface area contributed by atoms with Gasteiger partial charge in [-0.15, -0.1) is 10.2 Å². The number of carbonyl (C=O) groups excluding carboxylic acids is 1. The van der Waals surface area contributed by atoms with Gasteiger partial charge in [-0.2, -0.15) is 4.68 Å². The van der Waals surface area contributed by atoms with Crippen molar-refractivity contribution in [1.29, 1.82) is 0 Å². The molecule has 51 heavy (non-hydrogen) atoms. The lowest BCUT2D eigenvalue weighted by Crippen LogP contribution is -2.39. The van der Waals surface area contributed by atoms with E-state index >= 15 is 0 Å². The summed E-state index contributed by atoms with van der Waals surface area (Å²) in [6.07, 6.45) is 10.9. The fraction of sp³-hybridized carbons (Fsp3) is 0.200. The third kappa shape index (κ3) is 6.40. The Kier molecular flexibility index (Phi) is 8.64. The highest BCUT2D eigenvalue weighted by atomic mass is 16.5. The summed E-state index contributed by atoms with van der Waals surface area (Å²) in [4.78, 5) is 18.2. The van der Waals surface area contributed by atoms with Crippen LogP contribution >= 0.6 is 0 Å². The topological polar surface area (TPSA) is 147 Å². The summed E-state index contributed by atoms with van der Waals surface area (Å²) in [7, 11) is 0. The molecular formula is C40H36N8O3. The van der Waals surface area contributed by atoms with E-state index in [0.29, 0.717) is 22.8 Å². The number of fused-ring (bicyclic) bond motifs is 1. The molecule has 0 radical (unpaired) electrons. The molecule has 4 aromatic carbocycles. The van der Waals surface area contributed by atoms with Crippen LogP contribution in [0, 0.1) is 0 Å². The molecule has 3 N–H and O–H groups in total. The lowest BCUT2D eigenvalue weighted by molar-refractivity contribution is 0.0942. The molecule has 0 amide bonds. The van der Waals surface area contributed by atoms with Crippen molar-refractivity contribution in [2.24, 2.45) is 5.73 Å². The lowest BCUT2D eigenvalue weighted by Gasteiger charge is -2.31. The Morgan fingerprint density at radius 3 is 2.37 bits per heavy atom. The summed E-state index contributed by atoms with van der Waals surface area (Å²) in [5, 5.41) is 30.7. The number of nitrogens with zero attached hydrogens (tertiary/aromatic N) is 7. The van der Waals surface area contributed by atoms with Crippen LogP contribution in [0.5, 0.6) is 11.5 Å². The minimum Gasteiger partial charge on any atom is -0.457 e. The number of hydrogen-bond donors (Lipinski definition) is 2. The van der Waals surface area contributed by atoms with E-state index in [1.165, 1.54) is 11.1 Å². The minimum atomic E-state index is -0.920. The lowest BCUT2D eigenvalue weighted by atomic mass is 9.80. The fourth-order valence-corrected chi connectivity index (χ4v) is 6.93. The third-order valence-corrected chi connectivity index (χ3v) is 9.70. The number of aliphatic hydroxyl groups excluding tert-OH is 1. The van der Waals surface area contributed by atoms with Gasteiger partial charge in [0.25, 0.3) is 5.91 Å². The average molecular weight is 677 g/mol. The van der Waals surface area contributed by atoms with Crippen LogP contribution in [0.15, 0.2) is 128 Å². The number of aliphatic hydroxyl groups is 1. The Hall–Kier alpha value is -6.04. The van der Waals surface area contributed by atoms with Gasteiger partial charge in [0.2, 0.25) is 0 Å². The maximum atomic E-state index is 14.1. The summed E-state index contributed by atoms with van der Waals surface area (Å²) in [5.41, 5.74) is 10.2. The highest BCUT2D eigenvalue weighted by Crippen LogP contribution is 2.38. The van der Waals surface area contributed by atoms with Gasteiger partial charge in [0.15, 0.2) is 0 Å². The second-order valence-corrected chi connectivity index (χ2v) is 13.0. The summed E-state index contributed by atoms with van der Waals surface area (Å²) in [6.45, 7) is 0. The number of rotatable bonds is 9. The Labute approximate surface area is 294 Å². The molecule has 11 nitrogen and oxygen atoms in total. The van der Waals surface area contributed by atoms with Crippen molar-refractivity contribution >= 4 is 16.7 Å². The monoisotopic (exact) mass is 676 g/mol. The zero-order valence-electron chi connectivity index (χ0n) is 27.8. The summed E-state index contributed by atoms with van der Waals surface area (Å²) >= 11 is 0. The molecule has 8 rings (SSSR count). The van der Waals surface area contributed by atoms with Crippen LogP contribution in [-0.4, -0.2) is 46.0 Å². The highest BCUT2D eigenvalue weighted by molar-refractivity contribution is 6.10. The van der Waals surface area contributed by atoms with E-state index in [1.807, 2.05) is 97.2 Å². The van der Waals surface area contributed by atoms with Crippen molar-refractivity contribution in [3.63, 3.8) is 0 Å². The van der Waals surface area contributed by atoms with Gasteiger partial charge < -0.3 is 15.6 Å². The number of pyridine rings is 1. The largest absolute Gasteiger partial charge is 0.457 e. The first-order valence-corrected chi connectivity index (χ1v) is 17.1. The number of hydrogen-bond acceptors (Lipinski definition) is 9. The second-order valence-electron chi connectivity index (χ2n) is 13.0. The van der Waals surface area contributed by atoms with Gasteiger partial charge in [0, 0.05) is 18.0 Å². The molecule has 0 saturated heterocycles. The molecule has 3 heterocycles. The van der Waals surface area contributed by atoms with E-state index in [0.717, 1.165) is 58.8 Å². The van der Waals surface area contributed by atoms with E-state index in [-0.39, 0.29) is 5.91 Å². The van der Waals surface area contributed by atoms with Crippen LogP contribution in [0.3, 0.4) is 0 Å². The Balaban J connectivity index is 1.12. The highest BCUT2D eigenvalue weighted by Gasteiger charge is 2.34. The van der Waals surface area contributed by atoms with Crippen molar-refractivity contribution in [3.05, 3.63) is 150 Å². The predicted octanol–water partition coefficient (Wildman–Crippen LogP) is 7.01. The van der Waals surface area contributed by atoms with E-state index in [2.05, 4.69) is 25.6 Å². The SMILES string of the molecule is NC1(c2cn([C@@H](c3ccc(Oc4ccc5ccccc5c4C(=O)n4cc(-c5cccnc5)nn4)cc3)[C@H](O)c3ccccc3)nn2)CCCCC1. The molecule has 11 heteroatoms. The van der Waals surface area contributed by atoms with Gasteiger partial charge in [-0.3, -0.25) is 9.78 Å². The molecule has 254 valence electrons. The zero-order valence-corrected chi connectivity index (χ0v) is 27.8. The van der Waals surface area contributed by atoms with Crippen molar-refractivity contribution in [3.8, 4) is 22.8 Å². The van der Waals surface area contributed by atoms with Crippen LogP contribution in [0.4, 0.5) is 0 Å². The van der Waals surface area contributed by atoms with Crippen LogP contribution in [0.2, 0.25) is 0 Å². The third-order valence-electron chi connectivity index (χ3n) is 9.70. The average Bonchev–Trinajstić information content (AvgIpc) is 3.88. The molecule has 3 aromatic heterocycles. The normalized spacial score (nSPS) is 15.3. The van der Waals surface area contributed by atoms with Crippen molar-refractivity contribution in [2.45, 2.75) is 49.8 Å². The van der Waals surface area contributed by atoms with Gasteiger partial charge in [-0.1, -0.05) is 102 Å². The zero-order chi connectivity index (χ0) is 34.8. The van der Waals surface area contributed by atoms with Gasteiger partial charge in [0.1, 0.15) is 35.0 Å². The molecule has 7 aromatic rings. The first-order valence-electron chi connectivity index (χ1n) is 17.1. The minimum absolute atomic E-state index is 0.353. The van der Waals surface area contributed by atoms with Gasteiger partial charge >= 0.3 is 0 Å². The maximum Gasteiger partial charge on any atom is 0.284 e. The Bertz CT molecular complexity index is 2280. The number of carbonyl (C=O) groups is 1.